The second kappa shape index (κ2) is 3.47. The zero-order valence-electron chi connectivity index (χ0n) is 6.85. The molecule has 1 heterocycles. The van der Waals surface area contributed by atoms with Crippen LogP contribution in [0.2, 0.25) is 0 Å². The van der Waals surface area contributed by atoms with Gasteiger partial charge in [0.1, 0.15) is 6.67 Å². The molecule has 11 heavy (non-hydrogen) atoms. The standard InChI is InChI=1S/C7H15FN2O/c1-10-4-2-3-7(10,5-8)6-11-9/h2-6,9H2,1H3. The van der Waals surface area contributed by atoms with Crippen molar-refractivity contribution in [1.82, 2.24) is 4.90 Å². The lowest BCUT2D eigenvalue weighted by atomic mass is 10.00. The molecule has 2 N–H and O–H groups in total. The van der Waals surface area contributed by atoms with Crippen molar-refractivity contribution in [2.75, 3.05) is 26.9 Å². The molecule has 0 amide bonds. The molecule has 1 atom stereocenters. The van der Waals surface area contributed by atoms with Crippen LogP contribution < -0.4 is 5.90 Å². The van der Waals surface area contributed by atoms with Crippen LogP contribution in [0.25, 0.3) is 0 Å². The highest BCUT2D eigenvalue weighted by molar-refractivity contribution is 4.93. The van der Waals surface area contributed by atoms with Gasteiger partial charge < -0.3 is 4.84 Å². The van der Waals surface area contributed by atoms with Crippen molar-refractivity contribution in [3.63, 3.8) is 0 Å². The molecule has 4 heteroatoms. The Hall–Kier alpha value is -0.190. The summed E-state index contributed by atoms with van der Waals surface area (Å²) in [6.45, 7) is 0.855. The molecule has 1 fully saturated rings. The number of likely N-dealkylation sites (N-methyl/N-ethyl adjacent to an activating group) is 1. The van der Waals surface area contributed by atoms with Crippen LogP contribution in [0.1, 0.15) is 12.8 Å². The van der Waals surface area contributed by atoms with E-state index in [4.69, 9.17) is 5.90 Å². The predicted octanol–water partition coefficient (Wildman–Crippen LogP) is 0.311. The maximum absolute atomic E-state index is 12.6. The lowest BCUT2D eigenvalue weighted by molar-refractivity contribution is 0.0107. The van der Waals surface area contributed by atoms with E-state index < -0.39 is 5.54 Å². The van der Waals surface area contributed by atoms with Crippen molar-refractivity contribution < 1.29 is 9.23 Å². The van der Waals surface area contributed by atoms with Crippen molar-refractivity contribution in [1.29, 1.82) is 0 Å². The lowest BCUT2D eigenvalue weighted by Gasteiger charge is -2.32. The van der Waals surface area contributed by atoms with Crippen LogP contribution in [0.3, 0.4) is 0 Å². The smallest absolute Gasteiger partial charge is 0.110 e. The molecule has 1 rings (SSSR count). The summed E-state index contributed by atoms with van der Waals surface area (Å²) < 4.78 is 12.6. The van der Waals surface area contributed by atoms with Gasteiger partial charge in [-0.15, -0.1) is 0 Å². The molecule has 0 radical (unpaired) electrons. The fourth-order valence-electron chi connectivity index (χ4n) is 1.62. The van der Waals surface area contributed by atoms with Crippen molar-refractivity contribution in [3.05, 3.63) is 0 Å². The number of rotatable bonds is 3. The maximum Gasteiger partial charge on any atom is 0.110 e. The summed E-state index contributed by atoms with van der Waals surface area (Å²) in [5.74, 6) is 4.94. The number of alkyl halides is 1. The normalized spacial score (nSPS) is 33.0. The molecule has 0 bridgehead atoms. The van der Waals surface area contributed by atoms with E-state index >= 15 is 0 Å². The average Bonchev–Trinajstić information content (AvgIpc) is 2.35. The molecule has 0 aromatic rings. The van der Waals surface area contributed by atoms with Crippen LogP contribution >= 0.6 is 0 Å². The highest BCUT2D eigenvalue weighted by Crippen LogP contribution is 2.27. The van der Waals surface area contributed by atoms with Crippen LogP contribution in [0.4, 0.5) is 4.39 Å². The first kappa shape index (κ1) is 8.90. The number of nitrogens with two attached hydrogens (primary N) is 1. The molecule has 66 valence electrons. The first-order valence-electron chi connectivity index (χ1n) is 3.84. The fourth-order valence-corrected chi connectivity index (χ4v) is 1.62. The molecule has 0 aromatic carbocycles. The Bertz CT molecular complexity index is 134. The van der Waals surface area contributed by atoms with Crippen LogP contribution in [0.15, 0.2) is 0 Å². The number of hydrogen-bond donors (Lipinski definition) is 1. The number of likely N-dealkylation sites (tertiary alicyclic amines) is 1. The molecule has 0 spiro atoms. The van der Waals surface area contributed by atoms with Gasteiger partial charge in [0.25, 0.3) is 0 Å². The Morgan fingerprint density at radius 1 is 1.73 bits per heavy atom. The summed E-state index contributed by atoms with van der Waals surface area (Å²) in [7, 11) is 1.91. The maximum atomic E-state index is 12.6. The Labute approximate surface area is 66.3 Å². The molecule has 0 aliphatic carbocycles. The van der Waals surface area contributed by atoms with E-state index in [-0.39, 0.29) is 6.67 Å². The molecule has 1 saturated heterocycles. The summed E-state index contributed by atoms with van der Waals surface area (Å²) in [5.41, 5.74) is -0.436. The van der Waals surface area contributed by atoms with Crippen LogP contribution in [0.5, 0.6) is 0 Å². The van der Waals surface area contributed by atoms with Crippen molar-refractivity contribution in [2.24, 2.45) is 5.90 Å². The molecule has 1 aliphatic heterocycles. The van der Waals surface area contributed by atoms with Crippen molar-refractivity contribution >= 4 is 0 Å². The van der Waals surface area contributed by atoms with Crippen molar-refractivity contribution in [2.45, 2.75) is 18.4 Å². The molecular weight excluding hydrogens is 147 g/mol. The summed E-state index contributed by atoms with van der Waals surface area (Å²) in [4.78, 5) is 6.49. The van der Waals surface area contributed by atoms with E-state index in [0.29, 0.717) is 6.61 Å². The monoisotopic (exact) mass is 162 g/mol. The molecule has 1 unspecified atom stereocenters. The number of nitrogens with zero attached hydrogens (tertiary/aromatic N) is 1. The lowest BCUT2D eigenvalue weighted by Crippen LogP contribution is -2.48. The first-order chi connectivity index (χ1) is 5.25. The van der Waals surface area contributed by atoms with Gasteiger partial charge in [0.05, 0.1) is 12.1 Å². The third-order valence-corrected chi connectivity index (χ3v) is 2.55. The Morgan fingerprint density at radius 2 is 2.45 bits per heavy atom. The van der Waals surface area contributed by atoms with E-state index in [9.17, 15) is 4.39 Å². The second-order valence-corrected chi connectivity index (χ2v) is 3.19. The molecule has 3 nitrogen and oxygen atoms in total. The van der Waals surface area contributed by atoms with Crippen LogP contribution in [0, 0.1) is 0 Å². The largest absolute Gasteiger partial charge is 0.303 e. The van der Waals surface area contributed by atoms with E-state index in [1.54, 1.807) is 0 Å². The van der Waals surface area contributed by atoms with Gasteiger partial charge >= 0.3 is 0 Å². The second-order valence-electron chi connectivity index (χ2n) is 3.19. The zero-order chi connectivity index (χ0) is 8.32. The van der Waals surface area contributed by atoms with Crippen molar-refractivity contribution in [3.8, 4) is 0 Å². The Balaban J connectivity index is 2.57. The summed E-state index contributed by atoms with van der Waals surface area (Å²) in [6.07, 6.45) is 1.88. The number of halogens is 1. The topological polar surface area (TPSA) is 38.5 Å². The van der Waals surface area contributed by atoms with Crippen LogP contribution in [-0.4, -0.2) is 37.3 Å². The van der Waals surface area contributed by atoms with Gasteiger partial charge in [-0.1, -0.05) is 0 Å². The average molecular weight is 162 g/mol. The quantitative estimate of drug-likeness (QED) is 0.607. The van der Waals surface area contributed by atoms with Gasteiger partial charge in [0.2, 0.25) is 0 Å². The first-order valence-corrected chi connectivity index (χ1v) is 3.84. The fraction of sp³-hybridized carbons (Fsp3) is 1.00. The summed E-state index contributed by atoms with van der Waals surface area (Å²) in [5, 5.41) is 0. The third kappa shape index (κ3) is 1.52. The highest BCUT2D eigenvalue weighted by Gasteiger charge is 2.39. The minimum atomic E-state index is -0.436. The van der Waals surface area contributed by atoms with Gasteiger partial charge in [0, 0.05) is 0 Å². The molecule has 1 aliphatic rings. The summed E-state index contributed by atoms with van der Waals surface area (Å²) >= 11 is 0. The molecular formula is C7H15FN2O. The van der Waals surface area contributed by atoms with Gasteiger partial charge in [-0.05, 0) is 26.4 Å². The molecule has 0 aromatic heterocycles. The van der Waals surface area contributed by atoms with Gasteiger partial charge in [-0.2, -0.15) is 0 Å². The predicted molar refractivity (Wildman–Crippen MR) is 40.7 cm³/mol. The minimum absolute atomic E-state index is 0.292. The summed E-state index contributed by atoms with van der Waals surface area (Å²) in [6, 6.07) is 0. The van der Waals surface area contributed by atoms with E-state index in [1.807, 2.05) is 11.9 Å². The SMILES string of the molecule is CN1CCCC1(CF)CON. The van der Waals surface area contributed by atoms with E-state index in [2.05, 4.69) is 4.84 Å². The van der Waals surface area contributed by atoms with E-state index in [0.717, 1.165) is 19.4 Å². The van der Waals surface area contributed by atoms with E-state index in [1.165, 1.54) is 0 Å². The zero-order valence-corrected chi connectivity index (χ0v) is 6.85. The highest BCUT2D eigenvalue weighted by atomic mass is 19.1. The third-order valence-electron chi connectivity index (χ3n) is 2.55. The Morgan fingerprint density at radius 3 is 2.82 bits per heavy atom. The van der Waals surface area contributed by atoms with Gasteiger partial charge in [-0.25, -0.2) is 10.3 Å². The van der Waals surface area contributed by atoms with Gasteiger partial charge in [-0.3, -0.25) is 4.90 Å². The minimum Gasteiger partial charge on any atom is -0.303 e. The molecule has 0 saturated carbocycles. The number of hydrogen-bond acceptors (Lipinski definition) is 3. The van der Waals surface area contributed by atoms with Gasteiger partial charge in [0.15, 0.2) is 0 Å². The van der Waals surface area contributed by atoms with Crippen LogP contribution in [-0.2, 0) is 4.84 Å². The Kier molecular flexibility index (Phi) is 2.81.